The van der Waals surface area contributed by atoms with Crippen LogP contribution in [0.25, 0.3) is 10.6 Å². The van der Waals surface area contributed by atoms with Gasteiger partial charge in [-0.05, 0) is 45.7 Å². The van der Waals surface area contributed by atoms with Gasteiger partial charge in [0, 0.05) is 7.05 Å². The molecule has 6 nitrogen and oxygen atoms in total. The zero-order chi connectivity index (χ0) is 20.6. The molecule has 0 spiro atoms. The summed E-state index contributed by atoms with van der Waals surface area (Å²) in [6.45, 7) is 9.42. The SMILES string of the molecule is Cc1nc(-c2c(C)c(C)nn(C)c2=O)sc1C(=O)NC(C)(C)c1ccccc1. The number of carbonyl (C=O) groups excluding carboxylic acids is 1. The molecule has 0 saturated carbocycles. The number of nitrogens with zero attached hydrogens (tertiary/aromatic N) is 3. The predicted molar refractivity (Wildman–Crippen MR) is 112 cm³/mol. The second-order valence-corrected chi connectivity index (χ2v) is 8.39. The number of aromatic nitrogens is 3. The number of aryl methyl sites for hydroxylation is 3. The lowest BCUT2D eigenvalue weighted by atomic mass is 9.94. The van der Waals surface area contributed by atoms with Gasteiger partial charge in [-0.2, -0.15) is 5.10 Å². The van der Waals surface area contributed by atoms with Gasteiger partial charge >= 0.3 is 0 Å². The summed E-state index contributed by atoms with van der Waals surface area (Å²) in [6, 6.07) is 9.81. The minimum atomic E-state index is -0.533. The highest BCUT2D eigenvalue weighted by Gasteiger charge is 2.26. The quantitative estimate of drug-likeness (QED) is 0.732. The van der Waals surface area contributed by atoms with Crippen LogP contribution in [0.3, 0.4) is 0 Å². The van der Waals surface area contributed by atoms with E-state index in [0.717, 1.165) is 16.8 Å². The Balaban J connectivity index is 1.98. The predicted octanol–water partition coefficient (Wildman–Crippen LogP) is 3.49. The van der Waals surface area contributed by atoms with Gasteiger partial charge < -0.3 is 5.32 Å². The van der Waals surface area contributed by atoms with Crippen LogP contribution in [0, 0.1) is 20.8 Å². The minimum Gasteiger partial charge on any atom is -0.342 e. The molecule has 0 atom stereocenters. The van der Waals surface area contributed by atoms with Crippen LogP contribution in [-0.2, 0) is 12.6 Å². The van der Waals surface area contributed by atoms with E-state index in [1.165, 1.54) is 16.0 Å². The van der Waals surface area contributed by atoms with Crippen molar-refractivity contribution < 1.29 is 4.79 Å². The van der Waals surface area contributed by atoms with Crippen LogP contribution in [0.5, 0.6) is 0 Å². The number of rotatable bonds is 4. The van der Waals surface area contributed by atoms with Gasteiger partial charge in [0.15, 0.2) is 0 Å². The lowest BCUT2D eigenvalue weighted by Gasteiger charge is -2.26. The molecule has 1 amide bonds. The molecule has 0 saturated heterocycles. The Labute approximate surface area is 168 Å². The summed E-state index contributed by atoms with van der Waals surface area (Å²) in [4.78, 5) is 30.6. The number of amides is 1. The summed E-state index contributed by atoms with van der Waals surface area (Å²) >= 11 is 1.24. The fourth-order valence-electron chi connectivity index (χ4n) is 3.08. The molecule has 3 aromatic rings. The largest absolute Gasteiger partial charge is 0.342 e. The number of hydrogen-bond acceptors (Lipinski definition) is 5. The normalized spacial score (nSPS) is 11.5. The molecule has 7 heteroatoms. The number of benzene rings is 1. The maximum absolute atomic E-state index is 13.0. The highest BCUT2D eigenvalue weighted by Crippen LogP contribution is 2.29. The monoisotopic (exact) mass is 396 g/mol. The molecule has 0 aliphatic rings. The van der Waals surface area contributed by atoms with Gasteiger partial charge in [-0.1, -0.05) is 30.3 Å². The first-order chi connectivity index (χ1) is 13.1. The van der Waals surface area contributed by atoms with E-state index >= 15 is 0 Å². The third-order valence-corrected chi connectivity index (χ3v) is 6.04. The van der Waals surface area contributed by atoms with Crippen LogP contribution in [0.15, 0.2) is 35.1 Å². The standard InChI is InChI=1S/C21H24N4O2S/c1-12-13(2)24-25(6)20(27)16(12)19-22-14(3)17(28-19)18(26)23-21(4,5)15-10-8-7-9-11-15/h7-11H,1-6H3,(H,23,26). The molecule has 28 heavy (non-hydrogen) atoms. The van der Waals surface area contributed by atoms with Crippen molar-refractivity contribution >= 4 is 17.2 Å². The van der Waals surface area contributed by atoms with Crippen LogP contribution in [-0.4, -0.2) is 20.7 Å². The molecule has 0 aliphatic heterocycles. The van der Waals surface area contributed by atoms with E-state index in [2.05, 4.69) is 15.4 Å². The summed E-state index contributed by atoms with van der Waals surface area (Å²) in [5.74, 6) is -0.199. The first kappa shape index (κ1) is 19.9. The summed E-state index contributed by atoms with van der Waals surface area (Å²) in [6.07, 6.45) is 0. The molecular formula is C21H24N4O2S. The van der Waals surface area contributed by atoms with E-state index in [1.807, 2.05) is 58.0 Å². The van der Waals surface area contributed by atoms with Gasteiger partial charge in [-0.25, -0.2) is 9.67 Å². The molecule has 0 fully saturated rings. The van der Waals surface area contributed by atoms with Gasteiger partial charge in [0.1, 0.15) is 9.88 Å². The van der Waals surface area contributed by atoms with Gasteiger partial charge in [-0.3, -0.25) is 9.59 Å². The summed E-state index contributed by atoms with van der Waals surface area (Å²) in [5.41, 5.74) is 2.93. The van der Waals surface area contributed by atoms with Crippen molar-refractivity contribution in [3.63, 3.8) is 0 Å². The van der Waals surface area contributed by atoms with Crippen molar-refractivity contribution in [1.82, 2.24) is 20.1 Å². The maximum atomic E-state index is 13.0. The fraction of sp³-hybridized carbons (Fsp3) is 0.333. The van der Waals surface area contributed by atoms with Crippen molar-refractivity contribution in [2.24, 2.45) is 7.05 Å². The van der Waals surface area contributed by atoms with E-state index in [0.29, 0.717) is 21.1 Å². The van der Waals surface area contributed by atoms with Crippen molar-refractivity contribution in [2.75, 3.05) is 0 Å². The number of carbonyl (C=O) groups is 1. The van der Waals surface area contributed by atoms with E-state index in [4.69, 9.17) is 0 Å². The molecule has 2 aromatic heterocycles. The minimum absolute atomic E-state index is 0.199. The lowest BCUT2D eigenvalue weighted by Crippen LogP contribution is -2.40. The Morgan fingerprint density at radius 3 is 2.39 bits per heavy atom. The van der Waals surface area contributed by atoms with Crippen molar-refractivity contribution in [1.29, 1.82) is 0 Å². The number of nitrogens with one attached hydrogen (secondary N) is 1. The molecule has 0 bridgehead atoms. The maximum Gasteiger partial charge on any atom is 0.277 e. The van der Waals surface area contributed by atoms with E-state index < -0.39 is 5.54 Å². The van der Waals surface area contributed by atoms with Crippen LogP contribution >= 0.6 is 11.3 Å². The molecule has 0 radical (unpaired) electrons. The molecule has 3 rings (SSSR count). The second kappa shape index (κ2) is 7.31. The van der Waals surface area contributed by atoms with Crippen LogP contribution in [0.2, 0.25) is 0 Å². The van der Waals surface area contributed by atoms with Crippen LogP contribution < -0.4 is 10.9 Å². The van der Waals surface area contributed by atoms with E-state index in [9.17, 15) is 9.59 Å². The Morgan fingerprint density at radius 1 is 1.11 bits per heavy atom. The summed E-state index contributed by atoms with van der Waals surface area (Å²) in [7, 11) is 1.62. The van der Waals surface area contributed by atoms with Gasteiger partial charge in [0.05, 0.1) is 22.5 Å². The van der Waals surface area contributed by atoms with Gasteiger partial charge in [-0.15, -0.1) is 11.3 Å². The molecule has 1 aromatic carbocycles. The highest BCUT2D eigenvalue weighted by molar-refractivity contribution is 7.17. The Hall–Kier alpha value is -2.80. The Kier molecular flexibility index (Phi) is 5.21. The molecule has 146 valence electrons. The lowest BCUT2D eigenvalue weighted by molar-refractivity contribution is 0.0915. The number of hydrogen-bond donors (Lipinski definition) is 1. The van der Waals surface area contributed by atoms with Gasteiger partial charge in [0.2, 0.25) is 0 Å². The molecule has 1 N–H and O–H groups in total. The van der Waals surface area contributed by atoms with Gasteiger partial charge in [0.25, 0.3) is 11.5 Å². The van der Waals surface area contributed by atoms with Crippen molar-refractivity contribution in [3.05, 3.63) is 68.1 Å². The number of thiazole rings is 1. The molecular weight excluding hydrogens is 372 g/mol. The first-order valence-corrected chi connectivity index (χ1v) is 9.84. The van der Waals surface area contributed by atoms with Crippen LogP contribution in [0.4, 0.5) is 0 Å². The average Bonchev–Trinajstić information content (AvgIpc) is 3.02. The fourth-order valence-corrected chi connectivity index (χ4v) is 4.14. The van der Waals surface area contributed by atoms with Crippen LogP contribution in [0.1, 0.15) is 46.0 Å². The summed E-state index contributed by atoms with van der Waals surface area (Å²) < 4.78 is 1.31. The topological polar surface area (TPSA) is 76.9 Å². The third-order valence-electron chi connectivity index (χ3n) is 4.86. The third kappa shape index (κ3) is 3.62. The average molecular weight is 397 g/mol. The zero-order valence-corrected chi connectivity index (χ0v) is 17.8. The Bertz CT molecular complexity index is 1100. The molecule has 0 unspecified atom stereocenters. The van der Waals surface area contributed by atoms with Crippen molar-refractivity contribution in [3.8, 4) is 10.6 Å². The molecule has 2 heterocycles. The van der Waals surface area contributed by atoms with E-state index in [1.54, 1.807) is 14.0 Å². The summed E-state index contributed by atoms with van der Waals surface area (Å²) in [5, 5.41) is 7.83. The zero-order valence-electron chi connectivity index (χ0n) is 17.0. The highest BCUT2D eigenvalue weighted by atomic mass is 32.1. The Morgan fingerprint density at radius 2 is 1.75 bits per heavy atom. The second-order valence-electron chi connectivity index (χ2n) is 7.39. The smallest absolute Gasteiger partial charge is 0.277 e. The van der Waals surface area contributed by atoms with Crippen molar-refractivity contribution in [2.45, 2.75) is 40.2 Å². The first-order valence-electron chi connectivity index (χ1n) is 9.02. The molecule has 0 aliphatic carbocycles. The van der Waals surface area contributed by atoms with E-state index in [-0.39, 0.29) is 11.5 Å².